The highest BCUT2D eigenvalue weighted by Crippen LogP contribution is 2.33. The molecule has 3 rings (SSSR count). The number of carbonyl (C=O) groups excluding carboxylic acids is 1. The molecule has 4 N–H and O–H groups in total. The summed E-state index contributed by atoms with van der Waals surface area (Å²) in [5.41, 5.74) is 7.71. The van der Waals surface area contributed by atoms with Gasteiger partial charge in [-0.05, 0) is 12.8 Å². The van der Waals surface area contributed by atoms with E-state index in [4.69, 9.17) is 10.7 Å². The van der Waals surface area contributed by atoms with E-state index in [9.17, 15) is 4.79 Å². The van der Waals surface area contributed by atoms with Gasteiger partial charge in [0.1, 0.15) is 5.82 Å². The largest absolute Gasteiger partial charge is 0.352 e. The summed E-state index contributed by atoms with van der Waals surface area (Å²) in [5.74, 6) is 1.81. The molecule has 0 bridgehead atoms. The number of aromatic nitrogens is 2. The zero-order valence-corrected chi connectivity index (χ0v) is 12.5. The third-order valence-electron chi connectivity index (χ3n) is 4.62. The average Bonchev–Trinajstić information content (AvgIpc) is 2.87. The van der Waals surface area contributed by atoms with E-state index >= 15 is 0 Å². The van der Waals surface area contributed by atoms with E-state index in [-0.39, 0.29) is 0 Å². The van der Waals surface area contributed by atoms with Crippen LogP contribution in [0, 0.1) is 0 Å². The highest BCUT2D eigenvalue weighted by atomic mass is 16.2. The number of hydrogen-bond donors (Lipinski definition) is 3. The van der Waals surface area contributed by atoms with Crippen LogP contribution in [-0.2, 0) is 19.5 Å². The van der Waals surface area contributed by atoms with Crippen LogP contribution in [0.3, 0.4) is 0 Å². The van der Waals surface area contributed by atoms with Gasteiger partial charge < -0.3 is 20.9 Å². The lowest BCUT2D eigenvalue weighted by Crippen LogP contribution is -2.33. The van der Waals surface area contributed by atoms with Gasteiger partial charge in [-0.25, -0.2) is 9.78 Å². The molecule has 21 heavy (non-hydrogen) atoms. The molecule has 1 aromatic heterocycles. The fraction of sp³-hybridized carbons (Fsp3) is 0.733. The Bertz CT molecular complexity index is 504. The maximum absolute atomic E-state index is 10.9. The Morgan fingerprint density at radius 2 is 2.19 bits per heavy atom. The Morgan fingerprint density at radius 1 is 1.38 bits per heavy atom. The Labute approximate surface area is 125 Å². The minimum absolute atomic E-state index is 0.454. The number of rotatable bonds is 4. The average molecular weight is 291 g/mol. The molecule has 1 aliphatic heterocycles. The molecule has 0 spiro atoms. The zero-order valence-electron chi connectivity index (χ0n) is 12.5. The predicted molar refractivity (Wildman–Crippen MR) is 81.0 cm³/mol. The number of fused-ring (bicyclic) bond motifs is 1. The van der Waals surface area contributed by atoms with Gasteiger partial charge in [-0.2, -0.15) is 0 Å². The molecule has 1 fully saturated rings. The van der Waals surface area contributed by atoms with Crippen molar-refractivity contribution in [2.75, 3.05) is 13.1 Å². The summed E-state index contributed by atoms with van der Waals surface area (Å²) in [6.07, 6.45) is 7.46. The Kier molecular flexibility index (Phi) is 4.43. The molecule has 1 aliphatic carbocycles. The molecule has 1 aromatic rings. The third kappa shape index (κ3) is 3.20. The van der Waals surface area contributed by atoms with Crippen molar-refractivity contribution in [3.63, 3.8) is 0 Å². The van der Waals surface area contributed by atoms with Crippen molar-refractivity contribution in [2.24, 2.45) is 5.73 Å². The molecule has 0 saturated heterocycles. The first kappa shape index (κ1) is 14.4. The fourth-order valence-electron chi connectivity index (χ4n) is 3.60. The van der Waals surface area contributed by atoms with Crippen molar-refractivity contribution in [2.45, 2.75) is 57.5 Å². The quantitative estimate of drug-likeness (QED) is 0.780. The Morgan fingerprint density at radius 3 is 2.95 bits per heavy atom. The maximum atomic E-state index is 10.9. The van der Waals surface area contributed by atoms with Crippen molar-refractivity contribution < 1.29 is 4.79 Å². The predicted octanol–water partition coefficient (Wildman–Crippen LogP) is 1.24. The van der Waals surface area contributed by atoms with Crippen molar-refractivity contribution in [1.82, 2.24) is 20.2 Å². The van der Waals surface area contributed by atoms with Gasteiger partial charge in [-0.1, -0.05) is 19.3 Å². The SMILES string of the molecule is NC(=O)NCCn1c(C2CCCCC2)nc2c1CCNC2. The number of urea groups is 1. The lowest BCUT2D eigenvalue weighted by molar-refractivity contribution is 0.248. The van der Waals surface area contributed by atoms with Crippen molar-refractivity contribution in [3.8, 4) is 0 Å². The molecule has 2 amide bonds. The van der Waals surface area contributed by atoms with E-state index in [1.807, 2.05) is 0 Å². The first-order chi connectivity index (χ1) is 10.3. The summed E-state index contributed by atoms with van der Waals surface area (Å²) in [6, 6.07) is -0.454. The van der Waals surface area contributed by atoms with Crippen LogP contribution >= 0.6 is 0 Å². The molecule has 2 aliphatic rings. The second kappa shape index (κ2) is 6.47. The number of nitrogens with two attached hydrogens (primary N) is 1. The second-order valence-electron chi connectivity index (χ2n) is 6.07. The van der Waals surface area contributed by atoms with Gasteiger partial charge in [-0.3, -0.25) is 0 Å². The van der Waals surface area contributed by atoms with Crippen LogP contribution in [0.5, 0.6) is 0 Å². The van der Waals surface area contributed by atoms with Crippen LogP contribution in [0.4, 0.5) is 4.79 Å². The minimum atomic E-state index is -0.454. The molecule has 1 saturated carbocycles. The molecule has 0 aromatic carbocycles. The highest BCUT2D eigenvalue weighted by Gasteiger charge is 2.25. The lowest BCUT2D eigenvalue weighted by atomic mass is 9.88. The van der Waals surface area contributed by atoms with Gasteiger partial charge in [0.05, 0.1) is 5.69 Å². The number of nitrogens with zero attached hydrogens (tertiary/aromatic N) is 2. The van der Waals surface area contributed by atoms with E-state index < -0.39 is 6.03 Å². The van der Waals surface area contributed by atoms with Gasteiger partial charge in [-0.15, -0.1) is 0 Å². The maximum Gasteiger partial charge on any atom is 0.312 e. The van der Waals surface area contributed by atoms with E-state index in [0.29, 0.717) is 12.5 Å². The van der Waals surface area contributed by atoms with E-state index in [0.717, 1.165) is 26.1 Å². The molecule has 0 radical (unpaired) electrons. The van der Waals surface area contributed by atoms with Gasteiger partial charge in [0, 0.05) is 44.2 Å². The van der Waals surface area contributed by atoms with Crippen LogP contribution in [0.2, 0.25) is 0 Å². The second-order valence-corrected chi connectivity index (χ2v) is 6.07. The van der Waals surface area contributed by atoms with Crippen molar-refractivity contribution in [1.29, 1.82) is 0 Å². The lowest BCUT2D eigenvalue weighted by Gasteiger charge is -2.23. The molecule has 6 heteroatoms. The molecule has 0 unspecified atom stereocenters. The van der Waals surface area contributed by atoms with Crippen molar-refractivity contribution in [3.05, 3.63) is 17.2 Å². The summed E-state index contributed by atoms with van der Waals surface area (Å²) in [4.78, 5) is 15.8. The van der Waals surface area contributed by atoms with Crippen molar-refractivity contribution >= 4 is 6.03 Å². The standard InChI is InChI=1S/C15H25N5O/c16-15(21)18-8-9-20-13-6-7-17-10-12(13)19-14(20)11-4-2-1-3-5-11/h11,17H,1-10H2,(H3,16,18,21). The molecule has 116 valence electrons. The molecular formula is C15H25N5O. The number of amides is 2. The molecule has 2 heterocycles. The smallest absolute Gasteiger partial charge is 0.312 e. The number of hydrogen-bond acceptors (Lipinski definition) is 3. The Balaban J connectivity index is 1.82. The monoisotopic (exact) mass is 291 g/mol. The number of primary amides is 1. The normalized spacial score (nSPS) is 19.2. The van der Waals surface area contributed by atoms with Gasteiger partial charge in [0.25, 0.3) is 0 Å². The highest BCUT2D eigenvalue weighted by molar-refractivity contribution is 5.71. The minimum Gasteiger partial charge on any atom is -0.352 e. The molecular weight excluding hydrogens is 266 g/mol. The van der Waals surface area contributed by atoms with Gasteiger partial charge in [0.2, 0.25) is 0 Å². The fourth-order valence-corrected chi connectivity index (χ4v) is 3.60. The van der Waals surface area contributed by atoms with Crippen LogP contribution in [0.15, 0.2) is 0 Å². The molecule has 6 nitrogen and oxygen atoms in total. The number of nitrogens with one attached hydrogen (secondary N) is 2. The third-order valence-corrected chi connectivity index (χ3v) is 4.62. The summed E-state index contributed by atoms with van der Waals surface area (Å²) in [6.45, 7) is 3.22. The van der Waals surface area contributed by atoms with E-state index in [2.05, 4.69) is 15.2 Å². The van der Waals surface area contributed by atoms with Gasteiger partial charge in [0.15, 0.2) is 0 Å². The summed E-state index contributed by atoms with van der Waals surface area (Å²) < 4.78 is 2.35. The summed E-state index contributed by atoms with van der Waals surface area (Å²) in [5, 5.41) is 6.09. The zero-order chi connectivity index (χ0) is 14.7. The number of carbonyl (C=O) groups is 1. The topological polar surface area (TPSA) is 85.0 Å². The summed E-state index contributed by atoms with van der Waals surface area (Å²) in [7, 11) is 0. The van der Waals surface area contributed by atoms with E-state index in [1.54, 1.807) is 0 Å². The summed E-state index contributed by atoms with van der Waals surface area (Å²) >= 11 is 0. The molecule has 0 atom stereocenters. The first-order valence-electron chi connectivity index (χ1n) is 8.08. The van der Waals surface area contributed by atoms with Crippen LogP contribution in [0.25, 0.3) is 0 Å². The number of imidazole rings is 1. The van der Waals surface area contributed by atoms with Crippen LogP contribution in [-0.4, -0.2) is 28.7 Å². The van der Waals surface area contributed by atoms with E-state index in [1.165, 1.54) is 49.3 Å². The first-order valence-corrected chi connectivity index (χ1v) is 8.08. The van der Waals surface area contributed by atoms with Crippen LogP contribution in [0.1, 0.15) is 55.2 Å². The van der Waals surface area contributed by atoms with Gasteiger partial charge >= 0.3 is 6.03 Å². The Hall–Kier alpha value is -1.56. The van der Waals surface area contributed by atoms with Crippen LogP contribution < -0.4 is 16.4 Å².